The van der Waals surface area contributed by atoms with Crippen LogP contribution in [0.3, 0.4) is 0 Å². The molecule has 2 aromatic carbocycles. The number of amides is 2. The Hall–Kier alpha value is -2.33. The van der Waals surface area contributed by atoms with Gasteiger partial charge in [0.05, 0.1) is 17.0 Å². The van der Waals surface area contributed by atoms with Crippen LogP contribution in [0, 0.1) is 13.8 Å². The van der Waals surface area contributed by atoms with Crippen molar-refractivity contribution < 1.29 is 9.59 Å². The molecule has 0 N–H and O–H groups in total. The third-order valence-corrected chi connectivity index (χ3v) is 5.21. The van der Waals surface area contributed by atoms with Gasteiger partial charge in [0.25, 0.3) is 11.8 Å². The summed E-state index contributed by atoms with van der Waals surface area (Å²) >= 11 is 1.45. The summed E-state index contributed by atoms with van der Waals surface area (Å²) in [5, 5.41) is 0. The summed E-state index contributed by atoms with van der Waals surface area (Å²) in [5.74, 6) is 0.370. The molecule has 0 bridgehead atoms. The lowest BCUT2D eigenvalue weighted by molar-refractivity contribution is -0.137. The maximum atomic E-state index is 13.1. The van der Waals surface area contributed by atoms with Gasteiger partial charge in [0.1, 0.15) is 0 Å². The normalized spacial score (nSPS) is 14.6. The molecule has 4 heteroatoms. The minimum atomic E-state index is -0.197. The summed E-state index contributed by atoms with van der Waals surface area (Å²) in [6.45, 7) is 6.31. The van der Waals surface area contributed by atoms with Crippen molar-refractivity contribution in [2.45, 2.75) is 27.3 Å². The summed E-state index contributed by atoms with van der Waals surface area (Å²) in [5.41, 5.74) is 4.52. The molecule has 1 aliphatic heterocycles. The molecule has 0 fully saturated rings. The van der Waals surface area contributed by atoms with Crippen molar-refractivity contribution in [3.05, 3.63) is 75.7 Å². The van der Waals surface area contributed by atoms with Crippen molar-refractivity contribution in [3.63, 3.8) is 0 Å². The number of hydrogen-bond acceptors (Lipinski definition) is 3. The number of nitrogens with zero attached hydrogens (tertiary/aromatic N) is 1. The second-order valence-electron chi connectivity index (χ2n) is 6.14. The quantitative estimate of drug-likeness (QED) is 0.752. The van der Waals surface area contributed by atoms with Crippen LogP contribution in [0.1, 0.15) is 29.2 Å². The van der Waals surface area contributed by atoms with Gasteiger partial charge in [-0.25, -0.2) is 0 Å². The average molecular weight is 351 g/mol. The van der Waals surface area contributed by atoms with E-state index in [0.29, 0.717) is 17.0 Å². The van der Waals surface area contributed by atoms with Gasteiger partial charge >= 0.3 is 0 Å². The molecule has 0 saturated carbocycles. The number of carbonyl (C=O) groups excluding carboxylic acids is 2. The van der Waals surface area contributed by atoms with E-state index >= 15 is 0 Å². The molecule has 0 radical (unpaired) electrons. The first kappa shape index (κ1) is 17.5. The summed E-state index contributed by atoms with van der Waals surface area (Å²) < 4.78 is 0. The standard InChI is InChI=1S/C21H21NO2S/c1-4-25-19-18(17-11-10-14(2)12-15(17)3)20(23)22(21(19)24)13-16-8-6-5-7-9-16/h5-12H,4,13H2,1-3H3. The Morgan fingerprint density at radius 1 is 0.960 bits per heavy atom. The fourth-order valence-corrected chi connectivity index (χ4v) is 3.94. The van der Waals surface area contributed by atoms with E-state index in [1.807, 2.05) is 69.3 Å². The van der Waals surface area contributed by atoms with Crippen LogP contribution in [-0.2, 0) is 16.1 Å². The number of thioether (sulfide) groups is 1. The minimum absolute atomic E-state index is 0.185. The molecule has 0 saturated heterocycles. The Balaban J connectivity index is 2.02. The highest BCUT2D eigenvalue weighted by molar-refractivity contribution is 8.04. The molecule has 0 spiro atoms. The highest BCUT2D eigenvalue weighted by atomic mass is 32.2. The lowest BCUT2D eigenvalue weighted by atomic mass is 9.99. The Bertz CT molecular complexity index is 855. The van der Waals surface area contributed by atoms with E-state index < -0.39 is 0 Å². The van der Waals surface area contributed by atoms with Crippen LogP contribution in [0.15, 0.2) is 53.4 Å². The number of imide groups is 1. The lowest BCUT2D eigenvalue weighted by Gasteiger charge is -2.15. The topological polar surface area (TPSA) is 37.4 Å². The van der Waals surface area contributed by atoms with Gasteiger partial charge in [-0.15, -0.1) is 11.8 Å². The number of hydrogen-bond donors (Lipinski definition) is 0. The molecule has 2 aromatic rings. The fraction of sp³-hybridized carbons (Fsp3) is 0.238. The molecule has 2 amide bonds. The Labute approximate surface area is 152 Å². The predicted molar refractivity (Wildman–Crippen MR) is 103 cm³/mol. The van der Waals surface area contributed by atoms with Crippen molar-refractivity contribution >= 4 is 29.1 Å². The summed E-state index contributed by atoms with van der Waals surface area (Å²) in [7, 11) is 0. The van der Waals surface area contributed by atoms with E-state index in [1.165, 1.54) is 16.7 Å². The number of carbonyl (C=O) groups is 2. The number of benzene rings is 2. The monoisotopic (exact) mass is 351 g/mol. The zero-order valence-electron chi connectivity index (χ0n) is 14.7. The summed E-state index contributed by atoms with van der Waals surface area (Å²) in [6.07, 6.45) is 0. The molecule has 0 unspecified atom stereocenters. The Morgan fingerprint density at radius 2 is 1.68 bits per heavy atom. The third-order valence-electron chi connectivity index (χ3n) is 4.25. The van der Waals surface area contributed by atoms with E-state index in [9.17, 15) is 9.59 Å². The molecule has 0 aliphatic carbocycles. The molecular weight excluding hydrogens is 330 g/mol. The van der Waals surface area contributed by atoms with Crippen LogP contribution in [0.2, 0.25) is 0 Å². The van der Waals surface area contributed by atoms with Gasteiger partial charge in [0.2, 0.25) is 0 Å². The molecule has 3 nitrogen and oxygen atoms in total. The molecular formula is C21H21NO2S. The van der Waals surface area contributed by atoms with Crippen LogP contribution in [0.5, 0.6) is 0 Å². The van der Waals surface area contributed by atoms with Crippen molar-refractivity contribution in [2.75, 3.05) is 5.75 Å². The smallest absolute Gasteiger partial charge is 0.268 e. The molecule has 1 aliphatic rings. The maximum absolute atomic E-state index is 13.1. The van der Waals surface area contributed by atoms with Crippen molar-refractivity contribution in [2.24, 2.45) is 0 Å². The third kappa shape index (κ3) is 3.40. The van der Waals surface area contributed by atoms with Gasteiger partial charge < -0.3 is 0 Å². The van der Waals surface area contributed by atoms with Gasteiger partial charge in [0, 0.05) is 0 Å². The average Bonchev–Trinajstić information content (AvgIpc) is 2.81. The largest absolute Gasteiger partial charge is 0.269 e. The summed E-state index contributed by atoms with van der Waals surface area (Å²) in [4.78, 5) is 27.9. The molecule has 128 valence electrons. The SMILES string of the molecule is CCSC1=C(c2ccc(C)cc2C)C(=O)N(Cc2ccccc2)C1=O. The molecule has 1 heterocycles. The predicted octanol–water partition coefficient (Wildman–Crippen LogP) is 4.34. The van der Waals surface area contributed by atoms with Gasteiger partial charge in [-0.1, -0.05) is 61.0 Å². The van der Waals surface area contributed by atoms with Crippen molar-refractivity contribution in [3.8, 4) is 0 Å². The molecule has 25 heavy (non-hydrogen) atoms. The molecule has 0 atom stereocenters. The first-order valence-corrected chi connectivity index (χ1v) is 9.36. The maximum Gasteiger partial charge on any atom is 0.268 e. The van der Waals surface area contributed by atoms with Crippen LogP contribution in [0.4, 0.5) is 0 Å². The second-order valence-corrected chi connectivity index (χ2v) is 7.41. The first-order valence-electron chi connectivity index (χ1n) is 8.37. The highest BCUT2D eigenvalue weighted by Gasteiger charge is 2.39. The van der Waals surface area contributed by atoms with Gasteiger partial charge in [-0.2, -0.15) is 0 Å². The van der Waals surface area contributed by atoms with E-state index in [0.717, 1.165) is 28.0 Å². The lowest BCUT2D eigenvalue weighted by Crippen LogP contribution is -2.31. The van der Waals surface area contributed by atoms with Crippen LogP contribution < -0.4 is 0 Å². The van der Waals surface area contributed by atoms with E-state index in [-0.39, 0.29) is 11.8 Å². The number of aryl methyl sites for hydroxylation is 2. The zero-order valence-corrected chi connectivity index (χ0v) is 15.5. The second kappa shape index (κ2) is 7.28. The van der Waals surface area contributed by atoms with Crippen LogP contribution >= 0.6 is 11.8 Å². The van der Waals surface area contributed by atoms with Crippen LogP contribution in [-0.4, -0.2) is 22.5 Å². The van der Waals surface area contributed by atoms with Crippen molar-refractivity contribution in [1.29, 1.82) is 0 Å². The fourth-order valence-electron chi connectivity index (χ4n) is 3.07. The van der Waals surface area contributed by atoms with Crippen LogP contribution in [0.25, 0.3) is 5.57 Å². The van der Waals surface area contributed by atoms with Crippen molar-refractivity contribution in [1.82, 2.24) is 4.90 Å². The van der Waals surface area contributed by atoms with E-state index in [4.69, 9.17) is 0 Å². The minimum Gasteiger partial charge on any atom is -0.269 e. The Morgan fingerprint density at radius 3 is 2.32 bits per heavy atom. The molecule has 3 rings (SSSR count). The van der Waals surface area contributed by atoms with Gasteiger partial charge in [-0.3, -0.25) is 14.5 Å². The van der Waals surface area contributed by atoms with E-state index in [2.05, 4.69) is 0 Å². The zero-order chi connectivity index (χ0) is 18.0. The van der Waals surface area contributed by atoms with Gasteiger partial charge in [-0.05, 0) is 36.3 Å². The van der Waals surface area contributed by atoms with Gasteiger partial charge in [0.15, 0.2) is 0 Å². The van der Waals surface area contributed by atoms with E-state index in [1.54, 1.807) is 0 Å². The summed E-state index contributed by atoms with van der Waals surface area (Å²) in [6, 6.07) is 15.6. The first-order chi connectivity index (χ1) is 12.0. The molecule has 0 aromatic heterocycles. The number of rotatable bonds is 5. The Kier molecular flexibility index (Phi) is 5.09. The highest BCUT2D eigenvalue weighted by Crippen LogP contribution is 2.37.